The van der Waals surface area contributed by atoms with Gasteiger partial charge in [-0.05, 0) is 43.7 Å². The van der Waals surface area contributed by atoms with E-state index in [2.05, 4.69) is 9.71 Å². The summed E-state index contributed by atoms with van der Waals surface area (Å²) in [5.74, 6) is -0.812. The van der Waals surface area contributed by atoms with Crippen LogP contribution in [0.15, 0.2) is 35.4 Å². The average Bonchev–Trinajstić information content (AvgIpc) is 2.36. The molecule has 5 nitrogen and oxygen atoms in total. The second-order valence-electron chi connectivity index (χ2n) is 4.39. The molecular weight excluding hydrogens is 281 g/mol. The Morgan fingerprint density at radius 1 is 1.30 bits per heavy atom. The maximum atomic E-state index is 14.0. The smallest absolute Gasteiger partial charge is 0.264 e. The van der Waals surface area contributed by atoms with Crippen molar-refractivity contribution in [1.82, 2.24) is 4.98 Å². The van der Waals surface area contributed by atoms with Crippen LogP contribution in [0.2, 0.25) is 0 Å². The van der Waals surface area contributed by atoms with Crippen LogP contribution in [-0.2, 0) is 10.0 Å². The van der Waals surface area contributed by atoms with Gasteiger partial charge in [-0.2, -0.15) is 0 Å². The summed E-state index contributed by atoms with van der Waals surface area (Å²) in [5.41, 5.74) is 6.73. The summed E-state index contributed by atoms with van der Waals surface area (Å²) in [7, 11) is -4.06. The Bertz CT molecular complexity index is 760. The quantitative estimate of drug-likeness (QED) is 0.850. The first-order valence-corrected chi connectivity index (χ1v) is 7.29. The van der Waals surface area contributed by atoms with Crippen molar-refractivity contribution in [1.29, 1.82) is 0 Å². The van der Waals surface area contributed by atoms with Crippen LogP contribution < -0.4 is 10.5 Å². The molecule has 1 aromatic carbocycles. The zero-order valence-corrected chi connectivity index (χ0v) is 11.8. The van der Waals surface area contributed by atoms with Crippen molar-refractivity contribution >= 4 is 21.4 Å². The number of hydrogen-bond donors (Lipinski definition) is 2. The van der Waals surface area contributed by atoms with E-state index < -0.39 is 20.7 Å². The first kappa shape index (κ1) is 14.3. The molecule has 0 bridgehead atoms. The van der Waals surface area contributed by atoms with Crippen LogP contribution in [0.5, 0.6) is 0 Å². The highest BCUT2D eigenvalue weighted by Crippen LogP contribution is 2.24. The number of sulfonamides is 1. The van der Waals surface area contributed by atoms with Crippen molar-refractivity contribution in [3.63, 3.8) is 0 Å². The largest absolute Gasteiger partial charge is 0.399 e. The van der Waals surface area contributed by atoms with E-state index in [4.69, 9.17) is 5.73 Å². The van der Waals surface area contributed by atoms with Crippen molar-refractivity contribution in [3.8, 4) is 0 Å². The fraction of sp³-hybridized carbons (Fsp3) is 0.154. The number of nitrogens with zero attached hydrogens (tertiary/aromatic N) is 1. The lowest BCUT2D eigenvalue weighted by Crippen LogP contribution is -2.16. The molecule has 0 aliphatic carbocycles. The number of aryl methyl sites for hydroxylation is 2. The van der Waals surface area contributed by atoms with Crippen LogP contribution in [0, 0.1) is 19.7 Å². The molecule has 0 aliphatic heterocycles. The SMILES string of the molecule is Cc1cc(N)cc(S(=O)(=O)Nc2cccnc2C)c1F. The first-order valence-electron chi connectivity index (χ1n) is 5.81. The maximum absolute atomic E-state index is 14.0. The van der Waals surface area contributed by atoms with Crippen LogP contribution >= 0.6 is 0 Å². The third kappa shape index (κ3) is 2.72. The summed E-state index contributed by atoms with van der Waals surface area (Å²) in [6, 6.07) is 5.61. The van der Waals surface area contributed by atoms with E-state index in [-0.39, 0.29) is 11.3 Å². The van der Waals surface area contributed by atoms with Gasteiger partial charge in [0.1, 0.15) is 10.7 Å². The number of anilines is 2. The van der Waals surface area contributed by atoms with E-state index in [1.54, 1.807) is 25.3 Å². The molecule has 1 aromatic heterocycles. The van der Waals surface area contributed by atoms with Crippen LogP contribution in [0.25, 0.3) is 0 Å². The van der Waals surface area contributed by atoms with Gasteiger partial charge in [0.15, 0.2) is 0 Å². The summed E-state index contributed by atoms with van der Waals surface area (Å²) < 4.78 is 40.8. The molecule has 0 spiro atoms. The van der Waals surface area contributed by atoms with Gasteiger partial charge >= 0.3 is 0 Å². The van der Waals surface area contributed by atoms with Crippen molar-refractivity contribution in [3.05, 3.63) is 47.5 Å². The van der Waals surface area contributed by atoms with Gasteiger partial charge in [0.25, 0.3) is 10.0 Å². The van der Waals surface area contributed by atoms with Gasteiger partial charge in [0.2, 0.25) is 0 Å². The zero-order chi connectivity index (χ0) is 14.9. The summed E-state index contributed by atoms with van der Waals surface area (Å²) >= 11 is 0. The highest BCUT2D eigenvalue weighted by atomic mass is 32.2. The van der Waals surface area contributed by atoms with E-state index in [0.717, 1.165) is 6.07 Å². The van der Waals surface area contributed by atoms with Crippen molar-refractivity contribution in [2.24, 2.45) is 0 Å². The van der Waals surface area contributed by atoms with Crippen LogP contribution in [0.3, 0.4) is 0 Å². The first-order chi connectivity index (χ1) is 9.31. The molecule has 0 radical (unpaired) electrons. The van der Waals surface area contributed by atoms with Gasteiger partial charge in [-0.1, -0.05) is 0 Å². The second kappa shape index (κ2) is 5.09. The highest BCUT2D eigenvalue weighted by molar-refractivity contribution is 7.92. The monoisotopic (exact) mass is 295 g/mol. The number of hydrogen-bond acceptors (Lipinski definition) is 4. The molecule has 0 atom stereocenters. The molecule has 2 aromatic rings. The molecule has 1 heterocycles. The fourth-order valence-electron chi connectivity index (χ4n) is 1.75. The number of aromatic nitrogens is 1. The predicted octanol–water partition coefficient (Wildman–Crippen LogP) is 2.22. The maximum Gasteiger partial charge on any atom is 0.264 e. The van der Waals surface area contributed by atoms with E-state index in [1.165, 1.54) is 13.0 Å². The Kier molecular flexibility index (Phi) is 3.63. The molecule has 0 saturated heterocycles. The number of nitrogens with two attached hydrogens (primary N) is 1. The molecule has 0 saturated carbocycles. The van der Waals surface area contributed by atoms with Gasteiger partial charge in [-0.15, -0.1) is 0 Å². The summed E-state index contributed by atoms with van der Waals surface area (Å²) in [6.45, 7) is 3.11. The Morgan fingerprint density at radius 3 is 2.65 bits per heavy atom. The fourth-order valence-corrected chi connectivity index (χ4v) is 3.05. The number of nitrogen functional groups attached to an aromatic ring is 1. The molecule has 20 heavy (non-hydrogen) atoms. The standard InChI is InChI=1S/C13H14FN3O2S/c1-8-6-10(15)7-12(13(8)14)20(18,19)17-11-4-3-5-16-9(11)2/h3-7,17H,15H2,1-2H3. The van der Waals surface area contributed by atoms with E-state index in [9.17, 15) is 12.8 Å². The molecule has 3 N–H and O–H groups in total. The lowest BCUT2D eigenvalue weighted by Gasteiger charge is -2.12. The topological polar surface area (TPSA) is 85.1 Å². The van der Waals surface area contributed by atoms with Gasteiger partial charge in [0.05, 0.1) is 11.4 Å². The number of benzene rings is 1. The van der Waals surface area contributed by atoms with E-state index >= 15 is 0 Å². The lowest BCUT2D eigenvalue weighted by atomic mass is 10.2. The molecule has 106 valence electrons. The van der Waals surface area contributed by atoms with Gasteiger partial charge in [-0.25, -0.2) is 12.8 Å². The Labute approximate surface area is 116 Å². The summed E-state index contributed by atoms with van der Waals surface area (Å²) in [4.78, 5) is 3.50. The minimum absolute atomic E-state index is 0.174. The predicted molar refractivity (Wildman–Crippen MR) is 75.3 cm³/mol. The Hall–Kier alpha value is -2.15. The van der Waals surface area contributed by atoms with E-state index in [1.807, 2.05) is 0 Å². The van der Waals surface area contributed by atoms with Crippen molar-refractivity contribution in [2.45, 2.75) is 18.7 Å². The normalized spacial score (nSPS) is 11.3. The number of nitrogens with one attached hydrogen (secondary N) is 1. The Balaban J connectivity index is 2.49. The average molecular weight is 295 g/mol. The molecule has 2 rings (SSSR count). The Morgan fingerprint density at radius 2 is 2.00 bits per heavy atom. The molecule has 7 heteroatoms. The van der Waals surface area contributed by atoms with Gasteiger partial charge in [0, 0.05) is 11.9 Å². The highest BCUT2D eigenvalue weighted by Gasteiger charge is 2.22. The molecule has 0 unspecified atom stereocenters. The third-order valence-electron chi connectivity index (χ3n) is 2.78. The second-order valence-corrected chi connectivity index (χ2v) is 6.04. The van der Waals surface area contributed by atoms with Gasteiger partial charge in [-0.3, -0.25) is 9.71 Å². The van der Waals surface area contributed by atoms with Crippen LogP contribution in [0.1, 0.15) is 11.3 Å². The van der Waals surface area contributed by atoms with Gasteiger partial charge < -0.3 is 5.73 Å². The van der Waals surface area contributed by atoms with Crippen LogP contribution in [-0.4, -0.2) is 13.4 Å². The summed E-state index contributed by atoms with van der Waals surface area (Å²) in [5, 5.41) is 0. The minimum Gasteiger partial charge on any atom is -0.399 e. The number of pyridine rings is 1. The van der Waals surface area contributed by atoms with Crippen molar-refractivity contribution in [2.75, 3.05) is 10.5 Å². The molecule has 0 fully saturated rings. The number of halogens is 1. The lowest BCUT2D eigenvalue weighted by molar-refractivity contribution is 0.565. The third-order valence-corrected chi connectivity index (χ3v) is 4.15. The molecule has 0 amide bonds. The zero-order valence-electron chi connectivity index (χ0n) is 11.0. The molecule has 0 aliphatic rings. The van der Waals surface area contributed by atoms with Crippen LogP contribution in [0.4, 0.5) is 15.8 Å². The number of rotatable bonds is 3. The van der Waals surface area contributed by atoms with Crippen molar-refractivity contribution < 1.29 is 12.8 Å². The summed E-state index contributed by atoms with van der Waals surface area (Å²) in [6.07, 6.45) is 1.54. The minimum atomic E-state index is -4.06. The van der Waals surface area contributed by atoms with E-state index in [0.29, 0.717) is 11.4 Å². The molecular formula is C13H14FN3O2S.